The summed E-state index contributed by atoms with van der Waals surface area (Å²) in [6, 6.07) is 0. The second-order valence-electron chi connectivity index (χ2n) is 11.1. The predicted octanol–water partition coefficient (Wildman–Crippen LogP) is 11.3. The molecule has 0 aliphatic heterocycles. The van der Waals surface area contributed by atoms with Crippen LogP contribution in [-0.4, -0.2) is 12.6 Å². The van der Waals surface area contributed by atoms with E-state index >= 15 is 0 Å². The lowest BCUT2D eigenvalue weighted by Crippen LogP contribution is -2.05. The van der Waals surface area contributed by atoms with Crippen molar-refractivity contribution in [3.63, 3.8) is 0 Å². The van der Waals surface area contributed by atoms with E-state index in [1.165, 1.54) is 148 Å². The van der Waals surface area contributed by atoms with Crippen LogP contribution in [0.2, 0.25) is 0 Å². The topological polar surface area (TPSA) is 26.3 Å². The molecule has 0 aliphatic carbocycles. The molecule has 0 aliphatic rings. The fraction of sp³-hybridized carbons (Fsp3) is 0.969. The summed E-state index contributed by atoms with van der Waals surface area (Å²) in [4.78, 5) is 11.9. The third kappa shape index (κ3) is 27.7. The third-order valence-corrected chi connectivity index (χ3v) is 7.37. The first kappa shape index (κ1) is 33.5. The first-order valence-electron chi connectivity index (χ1n) is 15.9. The molecule has 0 radical (unpaired) electrons. The Kier molecular flexibility index (Phi) is 28.3. The first-order chi connectivity index (χ1) is 16.7. The second kappa shape index (κ2) is 28.7. The van der Waals surface area contributed by atoms with Gasteiger partial charge in [-0.05, 0) is 18.8 Å². The Morgan fingerprint density at radius 3 is 1.38 bits per heavy atom. The lowest BCUT2D eigenvalue weighted by atomic mass is 9.98. The van der Waals surface area contributed by atoms with Crippen LogP contribution in [0.5, 0.6) is 0 Å². The van der Waals surface area contributed by atoms with Gasteiger partial charge < -0.3 is 4.74 Å². The molecule has 0 aromatic carbocycles. The van der Waals surface area contributed by atoms with Crippen molar-refractivity contribution in [3.05, 3.63) is 0 Å². The van der Waals surface area contributed by atoms with Gasteiger partial charge >= 0.3 is 5.97 Å². The number of rotatable bonds is 28. The smallest absolute Gasteiger partial charge is 0.305 e. The summed E-state index contributed by atoms with van der Waals surface area (Å²) in [6.45, 7) is 7.61. The minimum atomic E-state index is 0.0243. The van der Waals surface area contributed by atoms with Crippen LogP contribution in [-0.2, 0) is 9.53 Å². The monoisotopic (exact) mass is 480 g/mol. The summed E-state index contributed by atoms with van der Waals surface area (Å²) < 4.78 is 5.42. The van der Waals surface area contributed by atoms with Crippen molar-refractivity contribution in [1.82, 2.24) is 0 Å². The van der Waals surface area contributed by atoms with E-state index in [9.17, 15) is 4.79 Å². The Morgan fingerprint density at radius 1 is 0.500 bits per heavy atom. The molecule has 204 valence electrons. The van der Waals surface area contributed by atoms with Crippen LogP contribution < -0.4 is 0 Å². The molecule has 0 heterocycles. The van der Waals surface area contributed by atoms with Gasteiger partial charge in [-0.2, -0.15) is 0 Å². The van der Waals surface area contributed by atoms with E-state index in [-0.39, 0.29) is 5.97 Å². The Morgan fingerprint density at radius 2 is 0.912 bits per heavy atom. The molecular weight excluding hydrogens is 416 g/mol. The number of hydrogen-bond acceptors (Lipinski definition) is 2. The van der Waals surface area contributed by atoms with Gasteiger partial charge in [-0.25, -0.2) is 0 Å². The van der Waals surface area contributed by atoms with Crippen molar-refractivity contribution in [2.75, 3.05) is 6.61 Å². The largest absolute Gasteiger partial charge is 0.466 e. The molecule has 0 rings (SSSR count). The molecule has 1 unspecified atom stereocenters. The fourth-order valence-electron chi connectivity index (χ4n) is 5.01. The van der Waals surface area contributed by atoms with E-state index in [0.717, 1.165) is 18.8 Å². The van der Waals surface area contributed by atoms with E-state index in [2.05, 4.69) is 20.8 Å². The van der Waals surface area contributed by atoms with Crippen LogP contribution in [0.15, 0.2) is 0 Å². The minimum absolute atomic E-state index is 0.0243. The van der Waals surface area contributed by atoms with Crippen molar-refractivity contribution in [1.29, 1.82) is 0 Å². The number of ether oxygens (including phenoxy) is 1. The molecule has 0 saturated carbocycles. The van der Waals surface area contributed by atoms with Crippen LogP contribution in [0, 0.1) is 5.92 Å². The summed E-state index contributed by atoms with van der Waals surface area (Å²) >= 11 is 0. The molecule has 0 N–H and O–H groups in total. The quantitative estimate of drug-likeness (QED) is 0.0821. The highest BCUT2D eigenvalue weighted by atomic mass is 16.5. The molecule has 0 fully saturated rings. The summed E-state index contributed by atoms with van der Waals surface area (Å²) in [5.74, 6) is 0.947. The molecule has 2 heteroatoms. The lowest BCUT2D eigenvalue weighted by Gasteiger charge is -2.09. The van der Waals surface area contributed by atoms with Crippen molar-refractivity contribution in [2.45, 2.75) is 188 Å². The molecule has 34 heavy (non-hydrogen) atoms. The molecule has 0 aromatic rings. The Bertz CT molecular complexity index is 392. The summed E-state index contributed by atoms with van der Waals surface area (Å²) in [7, 11) is 0. The molecular formula is C32H64O2. The van der Waals surface area contributed by atoms with Crippen molar-refractivity contribution in [2.24, 2.45) is 5.92 Å². The molecule has 0 bridgehead atoms. The van der Waals surface area contributed by atoms with Gasteiger partial charge in [0.1, 0.15) is 0 Å². The summed E-state index contributed by atoms with van der Waals surface area (Å²) in [6.07, 6.45) is 34.2. The molecule has 0 spiro atoms. The van der Waals surface area contributed by atoms with Gasteiger partial charge in [0.2, 0.25) is 0 Å². The number of carbonyl (C=O) groups is 1. The molecule has 0 aromatic heterocycles. The van der Waals surface area contributed by atoms with Gasteiger partial charge in [0.15, 0.2) is 0 Å². The van der Waals surface area contributed by atoms with E-state index in [1.54, 1.807) is 0 Å². The maximum atomic E-state index is 11.9. The zero-order valence-corrected chi connectivity index (χ0v) is 24.0. The summed E-state index contributed by atoms with van der Waals surface area (Å²) in [5, 5.41) is 0. The fourth-order valence-corrected chi connectivity index (χ4v) is 5.01. The zero-order valence-electron chi connectivity index (χ0n) is 24.0. The van der Waals surface area contributed by atoms with Gasteiger partial charge in [0, 0.05) is 6.42 Å². The van der Waals surface area contributed by atoms with Gasteiger partial charge in [-0.1, -0.05) is 168 Å². The van der Waals surface area contributed by atoms with Crippen LogP contribution in [0.4, 0.5) is 0 Å². The number of hydrogen-bond donors (Lipinski definition) is 0. The SMILES string of the molecule is CCCCCCCCCCCCCCCOC(=O)CCCCCCCCCCCC(C)CCC. The van der Waals surface area contributed by atoms with Gasteiger partial charge in [0.25, 0.3) is 0 Å². The van der Waals surface area contributed by atoms with Crippen LogP contribution in [0.25, 0.3) is 0 Å². The molecule has 0 saturated heterocycles. The van der Waals surface area contributed by atoms with Crippen molar-refractivity contribution >= 4 is 5.97 Å². The average Bonchev–Trinajstić information content (AvgIpc) is 2.83. The van der Waals surface area contributed by atoms with E-state index < -0.39 is 0 Å². The van der Waals surface area contributed by atoms with Crippen molar-refractivity contribution in [3.8, 4) is 0 Å². The van der Waals surface area contributed by atoms with Gasteiger partial charge in [0.05, 0.1) is 6.61 Å². The maximum Gasteiger partial charge on any atom is 0.305 e. The molecule has 1 atom stereocenters. The highest BCUT2D eigenvalue weighted by molar-refractivity contribution is 5.69. The number of unbranched alkanes of at least 4 members (excludes halogenated alkanes) is 20. The second-order valence-corrected chi connectivity index (χ2v) is 11.1. The molecule has 0 amide bonds. The molecule has 2 nitrogen and oxygen atoms in total. The standard InChI is InChI=1S/C32H64O2/c1-4-6-7-8-9-10-11-12-13-17-20-23-26-30-34-32(33)29-25-22-19-16-14-15-18-21-24-28-31(3)27-5-2/h31H,4-30H2,1-3H3. The number of esters is 1. The highest BCUT2D eigenvalue weighted by Crippen LogP contribution is 2.17. The van der Waals surface area contributed by atoms with Crippen molar-refractivity contribution < 1.29 is 9.53 Å². The third-order valence-electron chi connectivity index (χ3n) is 7.37. The first-order valence-corrected chi connectivity index (χ1v) is 15.9. The number of carbonyl (C=O) groups excluding carboxylic acids is 1. The van der Waals surface area contributed by atoms with E-state index in [1.807, 2.05) is 0 Å². The normalized spacial score (nSPS) is 12.2. The Labute approximate surface area is 215 Å². The lowest BCUT2D eigenvalue weighted by molar-refractivity contribution is -0.143. The average molecular weight is 481 g/mol. The zero-order chi connectivity index (χ0) is 25.0. The van der Waals surface area contributed by atoms with Crippen LogP contribution in [0.1, 0.15) is 188 Å². The van der Waals surface area contributed by atoms with Gasteiger partial charge in [-0.15, -0.1) is 0 Å². The Balaban J connectivity index is 3.18. The van der Waals surface area contributed by atoms with E-state index in [0.29, 0.717) is 13.0 Å². The highest BCUT2D eigenvalue weighted by Gasteiger charge is 2.03. The van der Waals surface area contributed by atoms with E-state index in [4.69, 9.17) is 4.74 Å². The van der Waals surface area contributed by atoms with Crippen LogP contribution >= 0.6 is 0 Å². The Hall–Kier alpha value is -0.530. The van der Waals surface area contributed by atoms with Gasteiger partial charge in [-0.3, -0.25) is 4.79 Å². The van der Waals surface area contributed by atoms with Crippen LogP contribution in [0.3, 0.4) is 0 Å². The summed E-state index contributed by atoms with van der Waals surface area (Å²) in [5.41, 5.74) is 0. The minimum Gasteiger partial charge on any atom is -0.466 e. The maximum absolute atomic E-state index is 11.9. The predicted molar refractivity (Wildman–Crippen MR) is 152 cm³/mol.